The van der Waals surface area contributed by atoms with Crippen LogP contribution in [-0.2, 0) is 16.8 Å². The van der Waals surface area contributed by atoms with E-state index in [1.165, 1.54) is 0 Å². The summed E-state index contributed by atoms with van der Waals surface area (Å²) in [4.78, 5) is 26.3. The van der Waals surface area contributed by atoms with Crippen LogP contribution in [0.15, 0.2) is 122 Å². The molecule has 10 nitrogen and oxygen atoms in total. The van der Waals surface area contributed by atoms with Gasteiger partial charge in [0.05, 0.1) is 45.6 Å². The van der Waals surface area contributed by atoms with E-state index in [2.05, 4.69) is 29.9 Å². The number of pyridine rings is 6. The summed E-state index contributed by atoms with van der Waals surface area (Å²) in [5.41, 5.74) is 6.15. The van der Waals surface area contributed by atoms with E-state index in [0.29, 0.717) is 10.0 Å². The first-order valence-electron chi connectivity index (χ1n) is 11.7. The molecule has 0 bridgehead atoms. The molecule has 0 aliphatic rings. The maximum atomic E-state index is 6.15. The molecule has 0 amide bonds. The van der Waals surface area contributed by atoms with Gasteiger partial charge in [0.25, 0.3) is 0 Å². The van der Waals surface area contributed by atoms with Crippen LogP contribution >= 0.6 is 23.2 Å². The molecular formula is C30H28Cl4CoN6O4. The van der Waals surface area contributed by atoms with Crippen LogP contribution in [-0.4, -0.2) is 51.8 Å². The number of nitrogens with zero attached hydrogens (tertiary/aromatic N) is 6. The maximum absolute atomic E-state index is 6.15. The Kier molecular flexibility index (Phi) is 23.3. The van der Waals surface area contributed by atoms with Gasteiger partial charge in [-0.15, -0.1) is 0 Å². The molecule has 0 atom stereocenters. The van der Waals surface area contributed by atoms with E-state index < -0.39 is 0 Å². The van der Waals surface area contributed by atoms with Crippen LogP contribution in [0.1, 0.15) is 0 Å². The van der Waals surface area contributed by atoms with E-state index in [-0.39, 0.29) is 63.5 Å². The summed E-state index contributed by atoms with van der Waals surface area (Å²) in [5.74, 6) is 0. The van der Waals surface area contributed by atoms with Gasteiger partial charge in [-0.3, -0.25) is 19.9 Å². The second-order valence-corrected chi connectivity index (χ2v) is 8.84. The summed E-state index contributed by atoms with van der Waals surface area (Å²) in [6.07, 6.45) is 6.94. The van der Waals surface area contributed by atoms with Gasteiger partial charge in [-0.1, -0.05) is 47.5 Å². The monoisotopic (exact) mass is 735 g/mol. The average Bonchev–Trinajstić information content (AvgIpc) is 2.99. The third-order valence-corrected chi connectivity index (χ3v) is 5.73. The molecule has 0 saturated heterocycles. The van der Waals surface area contributed by atoms with E-state index in [0.717, 1.165) is 45.6 Å². The Hall–Kier alpha value is -3.59. The molecule has 0 aliphatic carbocycles. The van der Waals surface area contributed by atoms with Crippen molar-refractivity contribution in [2.24, 2.45) is 0 Å². The summed E-state index contributed by atoms with van der Waals surface area (Å²) in [7, 11) is 0. The molecule has 0 unspecified atom stereocenters. The maximum Gasteiger partial charge on any atom is 2.00 e. The summed E-state index contributed by atoms with van der Waals surface area (Å²) >= 11 is 12.3. The molecule has 0 spiro atoms. The summed E-state index contributed by atoms with van der Waals surface area (Å²) in [5, 5.41) is 1.24. The van der Waals surface area contributed by atoms with Crippen LogP contribution in [0, 0.1) is 0 Å². The van der Waals surface area contributed by atoms with Crippen LogP contribution < -0.4 is 24.8 Å². The quantitative estimate of drug-likeness (QED) is 0.209. The Bertz CT molecular complexity index is 1410. The van der Waals surface area contributed by atoms with E-state index in [1.54, 1.807) is 49.1 Å². The molecule has 15 heteroatoms. The Morgan fingerprint density at radius 2 is 0.578 bits per heavy atom. The minimum absolute atomic E-state index is 0. The van der Waals surface area contributed by atoms with E-state index in [4.69, 9.17) is 23.2 Å². The van der Waals surface area contributed by atoms with Gasteiger partial charge >= 0.3 is 16.8 Å². The van der Waals surface area contributed by atoms with Crippen LogP contribution in [0.3, 0.4) is 0 Å². The number of hydrogen-bond acceptors (Lipinski definition) is 6. The minimum atomic E-state index is 0. The van der Waals surface area contributed by atoms with E-state index in [9.17, 15) is 0 Å². The minimum Gasteiger partial charge on any atom is -1.00 e. The molecule has 6 aromatic rings. The Morgan fingerprint density at radius 3 is 0.756 bits per heavy atom. The molecule has 0 fully saturated rings. The number of aromatic nitrogens is 6. The van der Waals surface area contributed by atoms with E-state index >= 15 is 0 Å². The summed E-state index contributed by atoms with van der Waals surface area (Å²) in [6.45, 7) is 0. The van der Waals surface area contributed by atoms with Crippen molar-refractivity contribution in [2.75, 3.05) is 0 Å². The molecule has 0 aromatic carbocycles. The second kappa shape index (κ2) is 22.8. The van der Waals surface area contributed by atoms with Gasteiger partial charge in [0.1, 0.15) is 0 Å². The van der Waals surface area contributed by atoms with Crippen molar-refractivity contribution in [3.05, 3.63) is 132 Å². The number of rotatable bonds is 4. The van der Waals surface area contributed by atoms with Gasteiger partial charge in [0, 0.05) is 34.8 Å². The number of hydrogen-bond donors (Lipinski definition) is 0. The SMILES string of the molecule is Clc1cc(-c2ccccn2)nc(-c2ccccn2)c1.Clc1cc(-c2ccccn2)nc(-c2ccccn2)c1.O.O.O.O.[Cl-].[Cl-].[Co+2]. The zero-order chi connectivity index (χ0) is 26.2. The Labute approximate surface area is 292 Å². The van der Waals surface area contributed by atoms with Gasteiger partial charge in [0.2, 0.25) is 0 Å². The normalized spacial score (nSPS) is 8.76. The number of halogens is 4. The first-order valence-corrected chi connectivity index (χ1v) is 12.4. The van der Waals surface area contributed by atoms with Gasteiger partial charge in [-0.2, -0.15) is 0 Å². The van der Waals surface area contributed by atoms with Gasteiger partial charge < -0.3 is 46.7 Å². The van der Waals surface area contributed by atoms with E-state index in [1.807, 2.05) is 72.8 Å². The Morgan fingerprint density at radius 1 is 0.356 bits per heavy atom. The van der Waals surface area contributed by atoms with Crippen molar-refractivity contribution in [1.82, 2.24) is 29.9 Å². The van der Waals surface area contributed by atoms with Crippen LogP contribution in [0.25, 0.3) is 45.6 Å². The molecule has 239 valence electrons. The average molecular weight is 737 g/mol. The molecule has 6 aromatic heterocycles. The van der Waals surface area contributed by atoms with Crippen LogP contribution in [0.2, 0.25) is 10.0 Å². The molecular weight excluding hydrogens is 709 g/mol. The van der Waals surface area contributed by atoms with Crippen molar-refractivity contribution in [2.45, 2.75) is 0 Å². The first-order chi connectivity index (χ1) is 18.7. The third kappa shape index (κ3) is 12.7. The molecule has 0 aliphatic heterocycles. The zero-order valence-corrected chi connectivity index (χ0v) is 27.1. The molecule has 8 N–H and O–H groups in total. The molecule has 6 rings (SSSR count). The van der Waals surface area contributed by atoms with Crippen LogP contribution in [0.4, 0.5) is 0 Å². The van der Waals surface area contributed by atoms with Crippen molar-refractivity contribution >= 4 is 23.2 Å². The topological polar surface area (TPSA) is 203 Å². The Balaban J connectivity index is -0.000000678. The first kappa shape index (κ1) is 45.8. The standard InChI is InChI=1S/2C15H10ClN3.2ClH.Co.4H2O/c2*16-11-9-14(12-5-1-3-7-17-12)19-15(10-11)13-6-2-4-8-18-13;;;;;;;/h2*1-10H;2*1H;;4*1H2/q;;;;+2;;;;/p-2. The summed E-state index contributed by atoms with van der Waals surface area (Å²) < 4.78 is 0. The molecule has 0 saturated carbocycles. The van der Waals surface area contributed by atoms with Crippen molar-refractivity contribution in [1.29, 1.82) is 0 Å². The van der Waals surface area contributed by atoms with Crippen molar-refractivity contribution in [3.8, 4) is 45.6 Å². The second-order valence-electron chi connectivity index (χ2n) is 7.97. The van der Waals surface area contributed by atoms with Crippen molar-refractivity contribution < 1.29 is 63.5 Å². The molecule has 6 heterocycles. The predicted octanol–water partition coefficient (Wildman–Crippen LogP) is -1.58. The van der Waals surface area contributed by atoms with Gasteiger partial charge in [-0.05, 0) is 72.8 Å². The largest absolute Gasteiger partial charge is 2.00 e. The van der Waals surface area contributed by atoms with Crippen molar-refractivity contribution in [3.63, 3.8) is 0 Å². The summed E-state index contributed by atoms with van der Waals surface area (Å²) in [6, 6.07) is 30.0. The molecule has 1 radical (unpaired) electrons. The zero-order valence-electron chi connectivity index (χ0n) is 23.1. The fourth-order valence-corrected chi connectivity index (χ4v) is 3.99. The predicted molar refractivity (Wildman–Crippen MR) is 166 cm³/mol. The van der Waals surface area contributed by atoms with Crippen LogP contribution in [0.5, 0.6) is 0 Å². The smallest absolute Gasteiger partial charge is 1.00 e. The van der Waals surface area contributed by atoms with Gasteiger partial charge in [-0.25, -0.2) is 9.97 Å². The fourth-order valence-electron chi connectivity index (χ4n) is 3.58. The third-order valence-electron chi connectivity index (χ3n) is 5.29. The van der Waals surface area contributed by atoms with Gasteiger partial charge in [0.15, 0.2) is 0 Å². The molecule has 45 heavy (non-hydrogen) atoms. The fraction of sp³-hybridized carbons (Fsp3) is 0.